The third kappa shape index (κ3) is 3.92. The number of likely N-dealkylation sites (tertiary alicyclic amines) is 1. The second-order valence-electron chi connectivity index (χ2n) is 6.89. The molecule has 0 bridgehead atoms. The van der Waals surface area contributed by atoms with E-state index in [4.69, 9.17) is 0 Å². The van der Waals surface area contributed by atoms with E-state index in [0.29, 0.717) is 11.4 Å². The molecule has 1 aromatic carbocycles. The van der Waals surface area contributed by atoms with E-state index in [9.17, 15) is 19.2 Å². The normalized spacial score (nSPS) is 22.1. The molecule has 7 heteroatoms. The Morgan fingerprint density at radius 3 is 2.19 bits per heavy atom. The van der Waals surface area contributed by atoms with Crippen LogP contribution in [0.1, 0.15) is 39.0 Å². The molecule has 1 aliphatic carbocycles. The third-order valence-electron chi connectivity index (χ3n) is 4.96. The highest BCUT2D eigenvalue weighted by Crippen LogP contribution is 2.37. The Kier molecular flexibility index (Phi) is 5.35. The standard InChI is InChI=1S/C19H23N3O4/c1-12(23)20-13-5-4-6-14(11-13)21-17(24)9-10-22-18(25)15-7-2-3-8-16(15)19(22)26/h4-6,11,15-16H,2-3,7-10H2,1H3,(H,20,23)(H,21,24)/t15-,16-/m1/s1. The summed E-state index contributed by atoms with van der Waals surface area (Å²) in [5.74, 6) is -1.09. The van der Waals surface area contributed by atoms with Crippen molar-refractivity contribution in [3.05, 3.63) is 24.3 Å². The smallest absolute Gasteiger partial charge is 0.233 e. The van der Waals surface area contributed by atoms with E-state index in [1.807, 2.05) is 0 Å². The summed E-state index contributed by atoms with van der Waals surface area (Å²) in [6.45, 7) is 1.52. The van der Waals surface area contributed by atoms with Gasteiger partial charge < -0.3 is 10.6 Å². The summed E-state index contributed by atoms with van der Waals surface area (Å²) >= 11 is 0. The van der Waals surface area contributed by atoms with Gasteiger partial charge in [-0.25, -0.2) is 0 Å². The molecule has 1 heterocycles. The van der Waals surface area contributed by atoms with Crippen molar-refractivity contribution in [2.45, 2.75) is 39.0 Å². The van der Waals surface area contributed by atoms with E-state index < -0.39 is 0 Å². The Morgan fingerprint density at radius 2 is 1.62 bits per heavy atom. The van der Waals surface area contributed by atoms with Crippen LogP contribution in [-0.4, -0.2) is 35.1 Å². The molecule has 1 saturated carbocycles. The molecule has 1 saturated heterocycles. The van der Waals surface area contributed by atoms with Crippen molar-refractivity contribution in [3.63, 3.8) is 0 Å². The summed E-state index contributed by atoms with van der Waals surface area (Å²) in [7, 11) is 0. The van der Waals surface area contributed by atoms with Gasteiger partial charge in [0.2, 0.25) is 23.6 Å². The average Bonchev–Trinajstić information content (AvgIpc) is 2.84. The minimum absolute atomic E-state index is 0.0568. The fourth-order valence-corrected chi connectivity index (χ4v) is 3.77. The highest BCUT2D eigenvalue weighted by atomic mass is 16.2. The van der Waals surface area contributed by atoms with Gasteiger partial charge in [-0.1, -0.05) is 18.9 Å². The number of anilines is 2. The SMILES string of the molecule is CC(=O)Nc1cccc(NC(=O)CCN2C(=O)[C@@H]3CCCC[C@H]3C2=O)c1. The first-order chi connectivity index (χ1) is 12.5. The minimum atomic E-state index is -0.277. The first-order valence-electron chi connectivity index (χ1n) is 8.98. The lowest BCUT2D eigenvalue weighted by atomic mass is 9.81. The van der Waals surface area contributed by atoms with E-state index in [2.05, 4.69) is 10.6 Å². The van der Waals surface area contributed by atoms with Crippen LogP contribution in [0.5, 0.6) is 0 Å². The zero-order chi connectivity index (χ0) is 18.7. The van der Waals surface area contributed by atoms with Crippen molar-refractivity contribution in [3.8, 4) is 0 Å². The first-order valence-corrected chi connectivity index (χ1v) is 8.98. The summed E-state index contributed by atoms with van der Waals surface area (Å²) in [4.78, 5) is 49.3. The lowest BCUT2D eigenvalue weighted by Gasteiger charge is -2.19. The molecule has 2 fully saturated rings. The maximum Gasteiger partial charge on any atom is 0.233 e. The molecule has 2 aliphatic rings. The fraction of sp³-hybridized carbons (Fsp3) is 0.474. The van der Waals surface area contributed by atoms with Crippen molar-refractivity contribution < 1.29 is 19.2 Å². The second-order valence-corrected chi connectivity index (χ2v) is 6.89. The summed E-state index contributed by atoms with van der Waals surface area (Å²) in [5, 5.41) is 5.38. The van der Waals surface area contributed by atoms with Crippen LogP contribution in [0.4, 0.5) is 11.4 Å². The lowest BCUT2D eigenvalue weighted by molar-refractivity contribution is -0.140. The molecule has 138 valence electrons. The number of amides is 4. The van der Waals surface area contributed by atoms with Gasteiger partial charge in [0.25, 0.3) is 0 Å². The number of rotatable bonds is 5. The lowest BCUT2D eigenvalue weighted by Crippen LogP contribution is -2.34. The maximum atomic E-state index is 12.4. The first kappa shape index (κ1) is 18.1. The highest BCUT2D eigenvalue weighted by molar-refractivity contribution is 6.05. The number of carbonyl (C=O) groups is 4. The van der Waals surface area contributed by atoms with Gasteiger partial charge in [0.1, 0.15) is 0 Å². The number of nitrogens with one attached hydrogen (secondary N) is 2. The number of fused-ring (bicyclic) bond motifs is 1. The van der Waals surface area contributed by atoms with Crippen LogP contribution in [0, 0.1) is 11.8 Å². The molecule has 1 aliphatic heterocycles. The number of hydrogen-bond acceptors (Lipinski definition) is 4. The molecule has 0 unspecified atom stereocenters. The van der Waals surface area contributed by atoms with Crippen LogP contribution in [0.15, 0.2) is 24.3 Å². The Balaban J connectivity index is 1.55. The van der Waals surface area contributed by atoms with Gasteiger partial charge in [0.05, 0.1) is 11.8 Å². The van der Waals surface area contributed by atoms with Gasteiger partial charge in [-0.2, -0.15) is 0 Å². The van der Waals surface area contributed by atoms with E-state index in [0.717, 1.165) is 25.7 Å². The molecular formula is C19H23N3O4. The Morgan fingerprint density at radius 1 is 1.04 bits per heavy atom. The number of benzene rings is 1. The number of imide groups is 1. The molecule has 1 aromatic rings. The predicted molar refractivity (Wildman–Crippen MR) is 96.2 cm³/mol. The summed E-state index contributed by atoms with van der Waals surface area (Å²) in [6, 6.07) is 6.81. The van der Waals surface area contributed by atoms with Crippen LogP contribution in [-0.2, 0) is 19.2 Å². The summed E-state index contributed by atoms with van der Waals surface area (Å²) < 4.78 is 0. The van der Waals surface area contributed by atoms with Crippen molar-refractivity contribution in [2.75, 3.05) is 17.2 Å². The average molecular weight is 357 g/mol. The summed E-state index contributed by atoms with van der Waals surface area (Å²) in [6.07, 6.45) is 3.57. The van der Waals surface area contributed by atoms with Crippen LogP contribution >= 0.6 is 0 Å². The molecule has 4 amide bonds. The predicted octanol–water partition coefficient (Wildman–Crippen LogP) is 2.15. The third-order valence-corrected chi connectivity index (χ3v) is 4.96. The van der Waals surface area contributed by atoms with Crippen molar-refractivity contribution in [2.24, 2.45) is 11.8 Å². The van der Waals surface area contributed by atoms with Crippen molar-refractivity contribution in [1.82, 2.24) is 4.90 Å². The Labute approximate surface area is 152 Å². The van der Waals surface area contributed by atoms with Crippen molar-refractivity contribution >= 4 is 35.0 Å². The Bertz CT molecular complexity index is 722. The van der Waals surface area contributed by atoms with Gasteiger partial charge in [-0.3, -0.25) is 24.1 Å². The molecular weight excluding hydrogens is 334 g/mol. The molecule has 3 rings (SSSR count). The van der Waals surface area contributed by atoms with Crippen molar-refractivity contribution in [1.29, 1.82) is 0 Å². The summed E-state index contributed by atoms with van der Waals surface area (Å²) in [5.41, 5.74) is 1.14. The molecule has 0 spiro atoms. The van der Waals surface area contributed by atoms with Crippen LogP contribution in [0.3, 0.4) is 0 Å². The fourth-order valence-electron chi connectivity index (χ4n) is 3.77. The van der Waals surface area contributed by atoms with Gasteiger partial charge in [0.15, 0.2) is 0 Å². The van der Waals surface area contributed by atoms with Gasteiger partial charge in [-0.05, 0) is 31.0 Å². The van der Waals surface area contributed by atoms with Crippen LogP contribution < -0.4 is 10.6 Å². The van der Waals surface area contributed by atoms with E-state index in [-0.39, 0.29) is 48.4 Å². The number of nitrogens with zero attached hydrogens (tertiary/aromatic N) is 1. The zero-order valence-corrected chi connectivity index (χ0v) is 14.8. The number of carbonyl (C=O) groups excluding carboxylic acids is 4. The zero-order valence-electron chi connectivity index (χ0n) is 14.8. The van der Waals surface area contributed by atoms with Crippen LogP contribution in [0.2, 0.25) is 0 Å². The quantitative estimate of drug-likeness (QED) is 0.789. The highest BCUT2D eigenvalue weighted by Gasteiger charge is 2.47. The molecule has 2 N–H and O–H groups in total. The molecule has 2 atom stereocenters. The molecule has 0 radical (unpaired) electrons. The Hall–Kier alpha value is -2.70. The van der Waals surface area contributed by atoms with Crippen LogP contribution in [0.25, 0.3) is 0 Å². The number of hydrogen-bond donors (Lipinski definition) is 2. The topological polar surface area (TPSA) is 95.6 Å². The molecule has 7 nitrogen and oxygen atoms in total. The monoisotopic (exact) mass is 357 g/mol. The van der Waals surface area contributed by atoms with E-state index >= 15 is 0 Å². The molecule has 26 heavy (non-hydrogen) atoms. The maximum absolute atomic E-state index is 12.4. The van der Waals surface area contributed by atoms with E-state index in [1.165, 1.54) is 11.8 Å². The second kappa shape index (κ2) is 7.68. The van der Waals surface area contributed by atoms with Gasteiger partial charge in [-0.15, -0.1) is 0 Å². The minimum Gasteiger partial charge on any atom is -0.326 e. The van der Waals surface area contributed by atoms with Gasteiger partial charge >= 0.3 is 0 Å². The van der Waals surface area contributed by atoms with Gasteiger partial charge in [0, 0.05) is 31.3 Å². The van der Waals surface area contributed by atoms with E-state index in [1.54, 1.807) is 24.3 Å². The largest absolute Gasteiger partial charge is 0.326 e. The molecule has 0 aromatic heterocycles.